The molecule has 9 rings (SSSR count). The van der Waals surface area contributed by atoms with Gasteiger partial charge in [-0.2, -0.15) is 0 Å². The van der Waals surface area contributed by atoms with Crippen LogP contribution in [0, 0.1) is 46.8 Å². The van der Waals surface area contributed by atoms with Crippen LogP contribution in [0.15, 0.2) is 77.2 Å². The number of rotatable bonds is 7. The minimum absolute atomic E-state index is 0.00422. The lowest BCUT2D eigenvalue weighted by Gasteiger charge is -2.53. The molecule has 52 heavy (non-hydrogen) atoms. The van der Waals surface area contributed by atoms with Gasteiger partial charge >= 0.3 is 5.97 Å². The molecule has 0 aromatic heterocycles. The summed E-state index contributed by atoms with van der Waals surface area (Å²) in [5, 5.41) is 34.1. The van der Waals surface area contributed by atoms with E-state index in [1.807, 2.05) is 0 Å². The third-order valence-electron chi connectivity index (χ3n) is 15.2. The molecule has 8 heteroatoms. The Morgan fingerprint density at radius 2 is 1.79 bits per heavy atom. The number of benzene rings is 1. The highest BCUT2D eigenvalue weighted by atomic mass is 16.6. The number of fused-ring (bicyclic) bond motifs is 4. The van der Waals surface area contributed by atoms with E-state index in [9.17, 15) is 20.1 Å². The number of carbonyl (C=O) groups is 1. The van der Waals surface area contributed by atoms with Gasteiger partial charge in [-0.05, 0) is 91.6 Å². The van der Waals surface area contributed by atoms with E-state index in [2.05, 4.69) is 53.5 Å². The van der Waals surface area contributed by atoms with E-state index >= 15 is 0 Å². The summed E-state index contributed by atoms with van der Waals surface area (Å²) in [4.78, 5) is 15.5. The average molecular weight is 712 g/mol. The van der Waals surface area contributed by atoms with Crippen LogP contribution in [-0.4, -0.2) is 71.2 Å². The molecule has 3 N–H and O–H groups in total. The molecule has 1 aromatic carbocycles. The number of cyclic esters (lactones) is 1. The van der Waals surface area contributed by atoms with Gasteiger partial charge in [-0.25, -0.2) is 4.79 Å². The molecule has 4 aliphatic carbocycles. The van der Waals surface area contributed by atoms with Gasteiger partial charge in [-0.15, -0.1) is 0 Å². The molecule has 0 unspecified atom stereocenters. The molecule has 3 saturated carbocycles. The highest BCUT2D eigenvalue weighted by Gasteiger charge is 2.63. The SMILES string of the molecule is COC1=C(CO)C(=O)OC1=C1OC2=CCCN3[C@H]([C@@H](O)[C@H]4C=CC[C@H](C5CCCC5)C4)[C@H]4CC5(CCCC5)[C@@H](c5ccccc5)[C@@H]4C[C@@H]3[C@@H]2[C@@H]1CO. The molecule has 5 fully saturated rings. The first-order valence-corrected chi connectivity index (χ1v) is 20.4. The van der Waals surface area contributed by atoms with Gasteiger partial charge in [0.2, 0.25) is 5.76 Å². The van der Waals surface area contributed by atoms with E-state index in [1.54, 1.807) is 0 Å². The number of methoxy groups -OCH3 is 1. The number of nitrogens with zero attached hydrogens (tertiary/aromatic N) is 1. The van der Waals surface area contributed by atoms with Gasteiger partial charge in [0, 0.05) is 30.5 Å². The number of hydrogen-bond donors (Lipinski definition) is 3. The van der Waals surface area contributed by atoms with Crippen LogP contribution in [0.4, 0.5) is 0 Å². The van der Waals surface area contributed by atoms with Gasteiger partial charge in [-0.3, -0.25) is 4.90 Å². The van der Waals surface area contributed by atoms with Gasteiger partial charge in [0.25, 0.3) is 0 Å². The van der Waals surface area contributed by atoms with E-state index in [0.29, 0.717) is 29.4 Å². The molecule has 1 aromatic rings. The topological polar surface area (TPSA) is 109 Å². The van der Waals surface area contributed by atoms with Gasteiger partial charge in [0.05, 0.1) is 32.3 Å². The number of carbonyl (C=O) groups excluding carboxylic acids is 1. The van der Waals surface area contributed by atoms with E-state index in [4.69, 9.17) is 14.2 Å². The molecule has 0 bridgehead atoms. The predicted octanol–water partition coefficient (Wildman–Crippen LogP) is 6.75. The summed E-state index contributed by atoms with van der Waals surface area (Å²) in [6, 6.07) is 11.2. The lowest BCUT2D eigenvalue weighted by molar-refractivity contribution is -0.134. The Bertz CT molecular complexity index is 1630. The summed E-state index contributed by atoms with van der Waals surface area (Å²) >= 11 is 0. The van der Waals surface area contributed by atoms with Gasteiger partial charge < -0.3 is 29.5 Å². The Kier molecular flexibility index (Phi) is 9.42. The maximum absolute atomic E-state index is 13.0. The van der Waals surface area contributed by atoms with Crippen molar-refractivity contribution in [3.8, 4) is 0 Å². The monoisotopic (exact) mass is 711 g/mol. The number of hydrogen-bond acceptors (Lipinski definition) is 8. The van der Waals surface area contributed by atoms with E-state index in [0.717, 1.165) is 50.3 Å². The van der Waals surface area contributed by atoms with Crippen molar-refractivity contribution in [2.24, 2.45) is 46.8 Å². The van der Waals surface area contributed by atoms with Crippen LogP contribution in [0.3, 0.4) is 0 Å². The Morgan fingerprint density at radius 1 is 1.00 bits per heavy atom. The second-order valence-corrected chi connectivity index (χ2v) is 17.4. The van der Waals surface area contributed by atoms with E-state index < -0.39 is 24.6 Å². The maximum Gasteiger partial charge on any atom is 0.345 e. The standard InChI is InChI=1S/C44H57NO7/c1-50-40-33(25-47)43(49)52-42(40)41-32(24-46)36-34-22-30-31(23-44(18-7-8-19-44)37(30)27-13-3-2-4-14-27)38(45(34)20-10-17-35(36)51-41)39(48)29-16-9-15-28(21-29)26-11-5-6-12-26/h2-4,9,13-14,16-17,26,28-32,34,36-39,46-48H,5-8,10-12,15,18-25H2,1H3/t28-,29-,30+,31-,32-,34+,36-,37-,38-,39-/m0/s1. The number of allylic oxidation sites excluding steroid dienone is 1. The van der Waals surface area contributed by atoms with Crippen molar-refractivity contribution in [3.63, 3.8) is 0 Å². The van der Waals surface area contributed by atoms with Crippen LogP contribution in [0.5, 0.6) is 0 Å². The maximum atomic E-state index is 13.0. The molecule has 8 aliphatic rings. The third-order valence-corrected chi connectivity index (χ3v) is 15.2. The zero-order valence-corrected chi connectivity index (χ0v) is 30.7. The Morgan fingerprint density at radius 3 is 2.52 bits per heavy atom. The highest BCUT2D eigenvalue weighted by molar-refractivity contribution is 5.94. The third kappa shape index (κ3) is 5.56. The molecular weight excluding hydrogens is 654 g/mol. The van der Waals surface area contributed by atoms with Crippen molar-refractivity contribution in [1.29, 1.82) is 0 Å². The fourth-order valence-electron chi connectivity index (χ4n) is 13.2. The van der Waals surface area contributed by atoms with Crippen LogP contribution in [0.2, 0.25) is 0 Å². The molecule has 4 aliphatic heterocycles. The lowest BCUT2D eigenvalue weighted by Crippen LogP contribution is -2.62. The normalized spacial score (nSPS) is 39.2. The van der Waals surface area contributed by atoms with Gasteiger partial charge in [0.15, 0.2) is 11.5 Å². The molecule has 10 atom stereocenters. The van der Waals surface area contributed by atoms with Crippen molar-refractivity contribution >= 4 is 5.97 Å². The Hall–Kier alpha value is -2.91. The smallest absolute Gasteiger partial charge is 0.345 e. The molecule has 280 valence electrons. The first-order chi connectivity index (χ1) is 25.5. The molecule has 0 radical (unpaired) electrons. The largest absolute Gasteiger partial charge is 0.492 e. The lowest BCUT2D eigenvalue weighted by atomic mass is 9.65. The summed E-state index contributed by atoms with van der Waals surface area (Å²) in [6.45, 7) is 0.144. The quantitative estimate of drug-likeness (QED) is 0.211. The van der Waals surface area contributed by atoms with Crippen molar-refractivity contribution < 1.29 is 34.3 Å². The zero-order valence-electron chi connectivity index (χ0n) is 30.7. The Labute approximate surface area is 308 Å². The number of aliphatic hydroxyl groups excluding tert-OH is 3. The summed E-state index contributed by atoms with van der Waals surface area (Å²) in [7, 11) is 1.46. The predicted molar refractivity (Wildman–Crippen MR) is 196 cm³/mol. The van der Waals surface area contributed by atoms with Crippen molar-refractivity contribution in [2.75, 3.05) is 26.9 Å². The number of piperidine rings is 1. The average Bonchev–Trinajstić information content (AvgIpc) is 4.01. The molecule has 0 amide bonds. The molecular formula is C44H57NO7. The van der Waals surface area contributed by atoms with E-state index in [-0.39, 0.29) is 53.0 Å². The van der Waals surface area contributed by atoms with Crippen LogP contribution < -0.4 is 0 Å². The number of ether oxygens (including phenoxy) is 3. The van der Waals surface area contributed by atoms with Crippen molar-refractivity contribution in [2.45, 2.75) is 108 Å². The molecule has 8 nitrogen and oxygen atoms in total. The van der Waals surface area contributed by atoms with Gasteiger partial charge in [-0.1, -0.05) is 81.0 Å². The van der Waals surface area contributed by atoms with Crippen LogP contribution in [0.25, 0.3) is 0 Å². The molecule has 2 saturated heterocycles. The summed E-state index contributed by atoms with van der Waals surface area (Å²) in [6.07, 6.45) is 21.9. The van der Waals surface area contributed by atoms with Crippen LogP contribution in [-0.2, 0) is 19.0 Å². The summed E-state index contributed by atoms with van der Waals surface area (Å²) < 4.78 is 18.0. The number of esters is 1. The number of aliphatic hydroxyl groups is 3. The van der Waals surface area contributed by atoms with Crippen molar-refractivity contribution in [3.05, 3.63) is 82.7 Å². The second kappa shape index (κ2) is 14.1. The van der Waals surface area contributed by atoms with E-state index in [1.165, 1.54) is 64.0 Å². The minimum atomic E-state index is -0.650. The first kappa shape index (κ1) is 34.8. The van der Waals surface area contributed by atoms with Crippen molar-refractivity contribution in [1.82, 2.24) is 4.90 Å². The summed E-state index contributed by atoms with van der Waals surface area (Å²) in [5.41, 5.74) is 1.74. The van der Waals surface area contributed by atoms with Crippen LogP contribution in [0.1, 0.15) is 95.0 Å². The summed E-state index contributed by atoms with van der Waals surface area (Å²) in [5.74, 6) is 3.00. The first-order valence-electron chi connectivity index (χ1n) is 20.4. The fraction of sp³-hybridized carbons (Fsp3) is 0.659. The van der Waals surface area contributed by atoms with Crippen LogP contribution >= 0.6 is 0 Å². The molecule has 1 spiro atoms. The second-order valence-electron chi connectivity index (χ2n) is 17.4. The highest BCUT2D eigenvalue weighted by Crippen LogP contribution is 2.67. The zero-order chi connectivity index (χ0) is 35.6. The minimum Gasteiger partial charge on any atom is -0.492 e. The molecule has 4 heterocycles. The van der Waals surface area contributed by atoms with Gasteiger partial charge in [0.1, 0.15) is 11.3 Å². The fourth-order valence-corrected chi connectivity index (χ4v) is 13.2. The Balaban J connectivity index is 1.14.